The summed E-state index contributed by atoms with van der Waals surface area (Å²) in [7, 11) is 1.23. The van der Waals surface area contributed by atoms with E-state index in [9.17, 15) is 14.4 Å². The summed E-state index contributed by atoms with van der Waals surface area (Å²) in [6.45, 7) is 1.95. The Balaban J connectivity index is 1.81. The lowest BCUT2D eigenvalue weighted by molar-refractivity contribution is -0.136. The van der Waals surface area contributed by atoms with Crippen LogP contribution in [0.2, 0.25) is 0 Å². The van der Waals surface area contributed by atoms with Crippen LogP contribution < -0.4 is 15.3 Å². The van der Waals surface area contributed by atoms with Gasteiger partial charge in [-0.2, -0.15) is 0 Å². The van der Waals surface area contributed by atoms with Gasteiger partial charge in [0.05, 0.1) is 24.1 Å². The first-order chi connectivity index (χ1) is 13.4. The normalized spacial score (nSPS) is 18.5. The van der Waals surface area contributed by atoms with Crippen LogP contribution in [0.15, 0.2) is 64.3 Å². The van der Waals surface area contributed by atoms with Crippen LogP contribution in [0.25, 0.3) is 0 Å². The Morgan fingerprint density at radius 3 is 2.25 bits per heavy atom. The molecule has 28 heavy (non-hydrogen) atoms. The average molecular weight is 442 g/mol. The third kappa shape index (κ3) is 2.77. The molecule has 1 atom stereocenters. The number of fused-ring (bicyclic) bond motifs is 1. The van der Waals surface area contributed by atoms with Gasteiger partial charge < -0.3 is 4.74 Å². The number of carbonyl (C=O) groups excluding carboxylic acids is 3. The topological polar surface area (TPSA) is 79.0 Å². The van der Waals surface area contributed by atoms with Crippen molar-refractivity contribution in [3.8, 4) is 0 Å². The van der Waals surface area contributed by atoms with Crippen LogP contribution in [0.4, 0.5) is 11.4 Å². The van der Waals surface area contributed by atoms with E-state index in [1.165, 1.54) is 12.1 Å². The number of hydrazine groups is 1. The van der Waals surface area contributed by atoms with Gasteiger partial charge in [-0.25, -0.2) is 9.69 Å². The van der Waals surface area contributed by atoms with Crippen molar-refractivity contribution < 1.29 is 19.1 Å². The highest BCUT2D eigenvalue weighted by Gasteiger charge is 2.54. The van der Waals surface area contributed by atoms with Gasteiger partial charge in [0.2, 0.25) is 0 Å². The molecule has 0 aromatic heterocycles. The minimum atomic E-state index is -0.951. The molecule has 0 radical (unpaired) electrons. The fourth-order valence-corrected chi connectivity index (χ4v) is 3.59. The molecule has 2 aliphatic heterocycles. The zero-order chi connectivity index (χ0) is 20.0. The highest BCUT2D eigenvalue weighted by molar-refractivity contribution is 9.10. The van der Waals surface area contributed by atoms with Crippen LogP contribution in [-0.4, -0.2) is 30.9 Å². The smallest absolute Gasteiger partial charge is 0.356 e. The minimum absolute atomic E-state index is 0.0222. The maximum atomic E-state index is 13.2. The second-order valence-electron chi connectivity index (χ2n) is 6.46. The average Bonchev–Trinajstić information content (AvgIpc) is 3.20. The Labute approximate surface area is 169 Å². The Morgan fingerprint density at radius 2 is 1.64 bits per heavy atom. The monoisotopic (exact) mass is 441 g/mol. The fraction of sp³-hybridized carbons (Fsp3) is 0.150. The zero-order valence-corrected chi connectivity index (χ0v) is 16.7. The first-order valence-corrected chi connectivity index (χ1v) is 9.30. The quantitative estimate of drug-likeness (QED) is 0.582. The van der Waals surface area contributed by atoms with Crippen molar-refractivity contribution >= 4 is 45.1 Å². The van der Waals surface area contributed by atoms with E-state index in [-0.39, 0.29) is 11.3 Å². The number of halogens is 1. The summed E-state index contributed by atoms with van der Waals surface area (Å²) in [4.78, 5) is 39.7. The fourth-order valence-electron chi connectivity index (χ4n) is 3.32. The van der Waals surface area contributed by atoms with E-state index in [4.69, 9.17) is 4.74 Å². The number of hydrogen-bond donors (Lipinski definition) is 1. The molecule has 8 heteroatoms. The number of ether oxygens (including phenoxy) is 1. The molecule has 0 spiro atoms. The molecular formula is C20H16BrN3O4. The van der Waals surface area contributed by atoms with Gasteiger partial charge in [0.25, 0.3) is 11.8 Å². The number of esters is 1. The molecule has 2 amide bonds. The SMILES string of the molecule is COC(=O)C1=C2C(=O)N(c3ccc(Br)cc3)C(=O)C2N(c2ccc(C)cc2)N1. The molecular weight excluding hydrogens is 426 g/mol. The second-order valence-corrected chi connectivity index (χ2v) is 7.37. The molecule has 1 unspecified atom stereocenters. The van der Waals surface area contributed by atoms with Gasteiger partial charge in [-0.3, -0.25) is 20.0 Å². The van der Waals surface area contributed by atoms with E-state index < -0.39 is 23.8 Å². The van der Waals surface area contributed by atoms with Crippen molar-refractivity contribution in [2.24, 2.45) is 0 Å². The van der Waals surface area contributed by atoms with Gasteiger partial charge in [0, 0.05) is 4.47 Å². The van der Waals surface area contributed by atoms with Crippen LogP contribution in [0, 0.1) is 6.92 Å². The number of carbonyl (C=O) groups is 3. The first kappa shape index (κ1) is 18.2. The van der Waals surface area contributed by atoms with Crippen molar-refractivity contribution in [3.05, 3.63) is 69.8 Å². The Morgan fingerprint density at radius 1 is 1.04 bits per heavy atom. The maximum Gasteiger partial charge on any atom is 0.356 e. The number of benzene rings is 2. The largest absolute Gasteiger partial charge is 0.464 e. The highest BCUT2D eigenvalue weighted by Crippen LogP contribution is 2.37. The number of imide groups is 1. The molecule has 142 valence electrons. The minimum Gasteiger partial charge on any atom is -0.464 e. The van der Waals surface area contributed by atoms with Gasteiger partial charge in [0.1, 0.15) is 0 Å². The second kappa shape index (κ2) is 6.79. The lowest BCUT2D eigenvalue weighted by Crippen LogP contribution is -2.46. The van der Waals surface area contributed by atoms with Crippen LogP contribution >= 0.6 is 15.9 Å². The predicted octanol–water partition coefficient (Wildman–Crippen LogP) is 2.45. The molecule has 4 rings (SSSR count). The molecule has 1 N–H and O–H groups in total. The summed E-state index contributed by atoms with van der Waals surface area (Å²) in [6, 6.07) is 13.3. The number of rotatable bonds is 3. The number of aryl methyl sites for hydroxylation is 1. The summed E-state index contributed by atoms with van der Waals surface area (Å²) >= 11 is 3.34. The molecule has 2 aliphatic rings. The summed E-state index contributed by atoms with van der Waals surface area (Å²) in [5, 5.41) is 1.53. The van der Waals surface area contributed by atoms with Crippen molar-refractivity contribution in [1.82, 2.24) is 5.43 Å². The third-order valence-electron chi connectivity index (χ3n) is 4.71. The summed E-state index contributed by atoms with van der Waals surface area (Å²) < 4.78 is 5.64. The van der Waals surface area contributed by atoms with Gasteiger partial charge in [-0.1, -0.05) is 33.6 Å². The molecule has 0 saturated carbocycles. The van der Waals surface area contributed by atoms with E-state index in [1.807, 2.05) is 31.2 Å². The zero-order valence-electron chi connectivity index (χ0n) is 15.1. The Hall–Kier alpha value is -3.13. The lowest BCUT2D eigenvalue weighted by Gasteiger charge is -2.26. The van der Waals surface area contributed by atoms with Crippen molar-refractivity contribution in [2.75, 3.05) is 17.0 Å². The van der Waals surface area contributed by atoms with Crippen LogP contribution in [0.1, 0.15) is 5.56 Å². The van der Waals surface area contributed by atoms with Gasteiger partial charge in [0.15, 0.2) is 11.7 Å². The number of anilines is 2. The molecule has 0 aliphatic carbocycles. The molecule has 1 fully saturated rings. The summed E-state index contributed by atoms with van der Waals surface area (Å²) in [5.74, 6) is -1.68. The number of amides is 2. The summed E-state index contributed by atoms with van der Waals surface area (Å²) in [6.07, 6.45) is 0. The van der Waals surface area contributed by atoms with E-state index in [1.54, 1.807) is 24.3 Å². The van der Waals surface area contributed by atoms with Crippen LogP contribution in [0.5, 0.6) is 0 Å². The lowest BCUT2D eigenvalue weighted by atomic mass is 10.1. The van der Waals surface area contributed by atoms with Crippen LogP contribution in [-0.2, 0) is 19.1 Å². The van der Waals surface area contributed by atoms with E-state index in [2.05, 4.69) is 21.4 Å². The highest BCUT2D eigenvalue weighted by atomic mass is 79.9. The summed E-state index contributed by atoms with van der Waals surface area (Å²) in [5.41, 5.74) is 5.09. The number of hydrogen-bond acceptors (Lipinski definition) is 6. The number of nitrogens with one attached hydrogen (secondary N) is 1. The number of nitrogens with zero attached hydrogens (tertiary/aromatic N) is 2. The first-order valence-electron chi connectivity index (χ1n) is 8.51. The standard InChI is InChI=1S/C20H16BrN3O4/c1-11-3-7-14(8-4-11)24-17-15(16(22-24)20(27)28-2)18(25)23(19(17)26)13-9-5-12(21)6-10-13/h3-10,17,22H,1-2H3. The predicted molar refractivity (Wildman–Crippen MR) is 106 cm³/mol. The molecule has 2 heterocycles. The Bertz CT molecular complexity index is 1010. The number of methoxy groups -OCH3 is 1. The van der Waals surface area contributed by atoms with E-state index in [0.29, 0.717) is 11.4 Å². The third-order valence-corrected chi connectivity index (χ3v) is 5.24. The molecule has 0 bridgehead atoms. The Kier molecular flexibility index (Phi) is 4.43. The molecule has 1 saturated heterocycles. The van der Waals surface area contributed by atoms with Crippen LogP contribution in [0.3, 0.4) is 0 Å². The van der Waals surface area contributed by atoms with Gasteiger partial charge in [-0.05, 0) is 43.3 Å². The molecule has 7 nitrogen and oxygen atoms in total. The molecule has 2 aromatic rings. The maximum absolute atomic E-state index is 13.2. The van der Waals surface area contributed by atoms with Crippen molar-refractivity contribution in [3.63, 3.8) is 0 Å². The molecule has 2 aromatic carbocycles. The van der Waals surface area contributed by atoms with Crippen molar-refractivity contribution in [1.29, 1.82) is 0 Å². The van der Waals surface area contributed by atoms with Crippen molar-refractivity contribution in [2.45, 2.75) is 13.0 Å². The van der Waals surface area contributed by atoms with E-state index in [0.717, 1.165) is 14.9 Å². The van der Waals surface area contributed by atoms with E-state index >= 15 is 0 Å². The van der Waals surface area contributed by atoms with Gasteiger partial charge >= 0.3 is 5.97 Å². The van der Waals surface area contributed by atoms with Gasteiger partial charge in [-0.15, -0.1) is 0 Å².